The van der Waals surface area contributed by atoms with E-state index in [1.165, 1.54) is 23.8 Å². The van der Waals surface area contributed by atoms with Crippen LogP contribution < -0.4 is 5.32 Å². The molecule has 92 valence electrons. The lowest BCUT2D eigenvalue weighted by molar-refractivity contribution is 0.0696. The van der Waals surface area contributed by atoms with Gasteiger partial charge in [-0.15, -0.1) is 11.3 Å². The van der Waals surface area contributed by atoms with Crippen molar-refractivity contribution in [1.82, 2.24) is 4.98 Å². The molecule has 0 bridgehead atoms. The quantitative estimate of drug-likeness (QED) is 0.892. The van der Waals surface area contributed by atoms with Crippen molar-refractivity contribution in [1.29, 1.82) is 0 Å². The Morgan fingerprint density at radius 2 is 2.17 bits per heavy atom. The van der Waals surface area contributed by atoms with Crippen molar-refractivity contribution >= 4 is 28.9 Å². The molecule has 0 aliphatic rings. The summed E-state index contributed by atoms with van der Waals surface area (Å²) in [5.74, 6) is -2.51. The zero-order chi connectivity index (χ0) is 13.1. The van der Waals surface area contributed by atoms with Crippen LogP contribution in [-0.2, 0) is 0 Å². The van der Waals surface area contributed by atoms with Crippen LogP contribution in [0.25, 0.3) is 0 Å². The number of aromatic nitrogens is 1. The molecule has 0 aliphatic carbocycles. The fourth-order valence-electron chi connectivity index (χ4n) is 1.26. The van der Waals surface area contributed by atoms with Gasteiger partial charge < -0.3 is 10.4 Å². The van der Waals surface area contributed by atoms with Gasteiger partial charge in [0.15, 0.2) is 0 Å². The van der Waals surface area contributed by atoms with Gasteiger partial charge in [-0.25, -0.2) is 9.18 Å². The number of hydrogen-bond acceptors (Lipinski definition) is 4. The molecule has 0 saturated heterocycles. The Kier molecular flexibility index (Phi) is 3.33. The van der Waals surface area contributed by atoms with Gasteiger partial charge in [-0.3, -0.25) is 9.78 Å². The van der Waals surface area contributed by atoms with Crippen LogP contribution in [0.2, 0.25) is 0 Å². The van der Waals surface area contributed by atoms with Gasteiger partial charge in [0.2, 0.25) is 0 Å². The van der Waals surface area contributed by atoms with Gasteiger partial charge in [0.25, 0.3) is 5.91 Å². The molecule has 0 aliphatic heterocycles. The average molecular weight is 266 g/mol. The summed E-state index contributed by atoms with van der Waals surface area (Å²) >= 11 is 1.12. The van der Waals surface area contributed by atoms with Crippen molar-refractivity contribution in [2.75, 3.05) is 5.32 Å². The van der Waals surface area contributed by atoms with Crippen LogP contribution >= 0.6 is 11.3 Å². The smallest absolute Gasteiger partial charge is 0.335 e. The van der Waals surface area contributed by atoms with Crippen molar-refractivity contribution in [3.8, 4) is 0 Å². The first-order chi connectivity index (χ1) is 8.58. The van der Waals surface area contributed by atoms with Gasteiger partial charge >= 0.3 is 5.97 Å². The third kappa shape index (κ3) is 2.51. The number of aromatic carboxylic acids is 1. The molecule has 0 unspecified atom stereocenters. The lowest BCUT2D eigenvalue weighted by Gasteiger charge is -2.05. The largest absolute Gasteiger partial charge is 0.478 e. The molecular weight excluding hydrogens is 259 g/mol. The number of benzene rings is 1. The number of carboxylic acids is 1. The lowest BCUT2D eigenvalue weighted by Crippen LogP contribution is -2.12. The van der Waals surface area contributed by atoms with E-state index in [4.69, 9.17) is 5.11 Å². The van der Waals surface area contributed by atoms with Crippen LogP contribution in [-0.4, -0.2) is 22.0 Å². The van der Waals surface area contributed by atoms with E-state index in [0.717, 1.165) is 17.4 Å². The molecule has 1 heterocycles. The molecule has 0 spiro atoms. The summed E-state index contributed by atoms with van der Waals surface area (Å²) in [4.78, 5) is 26.3. The van der Waals surface area contributed by atoms with Crippen LogP contribution in [0.1, 0.15) is 20.0 Å². The second-order valence-electron chi connectivity index (χ2n) is 3.32. The number of rotatable bonds is 3. The van der Waals surface area contributed by atoms with E-state index in [1.54, 1.807) is 0 Å². The number of anilines is 1. The summed E-state index contributed by atoms with van der Waals surface area (Å²) in [5.41, 5.74) is 1.24. The van der Waals surface area contributed by atoms with Gasteiger partial charge in [-0.1, -0.05) is 0 Å². The van der Waals surface area contributed by atoms with Crippen LogP contribution in [0.3, 0.4) is 0 Å². The molecule has 0 fully saturated rings. The molecule has 18 heavy (non-hydrogen) atoms. The van der Waals surface area contributed by atoms with Gasteiger partial charge in [0.05, 0.1) is 23.0 Å². The Bertz CT molecular complexity index is 598. The van der Waals surface area contributed by atoms with Crippen LogP contribution in [0.4, 0.5) is 10.1 Å². The first-order valence-corrected chi connectivity index (χ1v) is 5.68. The van der Waals surface area contributed by atoms with E-state index < -0.39 is 17.7 Å². The van der Waals surface area contributed by atoms with Gasteiger partial charge in [-0.05, 0) is 18.2 Å². The molecular formula is C11H7FN2O3S. The fraction of sp³-hybridized carbons (Fsp3) is 0. The topological polar surface area (TPSA) is 79.3 Å². The highest BCUT2D eigenvalue weighted by Crippen LogP contribution is 2.17. The molecule has 2 rings (SSSR count). The maximum atomic E-state index is 13.5. The predicted molar refractivity (Wildman–Crippen MR) is 63.4 cm³/mol. The number of nitrogens with zero attached hydrogens (tertiary/aromatic N) is 1. The number of halogens is 1. The minimum Gasteiger partial charge on any atom is -0.478 e. The van der Waals surface area contributed by atoms with E-state index in [0.29, 0.717) is 4.88 Å². The minimum atomic E-state index is -1.23. The normalized spacial score (nSPS) is 10.1. The molecule has 0 saturated carbocycles. The van der Waals surface area contributed by atoms with Gasteiger partial charge in [0.1, 0.15) is 10.7 Å². The molecule has 7 heteroatoms. The predicted octanol–water partition coefficient (Wildman–Crippen LogP) is 2.23. The highest BCUT2D eigenvalue weighted by atomic mass is 32.1. The molecule has 1 aromatic heterocycles. The number of thiazole rings is 1. The molecule has 1 amide bonds. The first-order valence-electron chi connectivity index (χ1n) is 4.80. The highest BCUT2D eigenvalue weighted by Gasteiger charge is 2.12. The van der Waals surface area contributed by atoms with Gasteiger partial charge in [0, 0.05) is 0 Å². The maximum Gasteiger partial charge on any atom is 0.335 e. The van der Waals surface area contributed by atoms with Crippen LogP contribution in [0.5, 0.6) is 0 Å². The van der Waals surface area contributed by atoms with Crippen molar-refractivity contribution in [3.05, 3.63) is 46.2 Å². The van der Waals surface area contributed by atoms with Crippen molar-refractivity contribution < 1.29 is 19.1 Å². The summed E-state index contributed by atoms with van der Waals surface area (Å²) in [5, 5.41) is 11.0. The number of carboxylic acid groups (broad SMARTS) is 1. The molecule has 5 nitrogen and oxygen atoms in total. The number of hydrogen-bond donors (Lipinski definition) is 2. The zero-order valence-corrected chi connectivity index (χ0v) is 9.70. The van der Waals surface area contributed by atoms with Gasteiger partial charge in [-0.2, -0.15) is 0 Å². The Hall–Kier alpha value is -2.28. The van der Waals surface area contributed by atoms with E-state index in [2.05, 4.69) is 10.3 Å². The SMILES string of the molecule is O=C(O)c1ccc(NC(=O)c2cncs2)c(F)c1. The Labute approximate surface area is 105 Å². The Morgan fingerprint density at radius 1 is 1.39 bits per heavy atom. The van der Waals surface area contributed by atoms with E-state index >= 15 is 0 Å². The molecule has 2 N–H and O–H groups in total. The number of nitrogens with one attached hydrogen (secondary N) is 1. The molecule has 0 atom stereocenters. The monoisotopic (exact) mass is 266 g/mol. The fourth-order valence-corrected chi connectivity index (χ4v) is 1.78. The summed E-state index contributed by atoms with van der Waals surface area (Å²) in [6, 6.07) is 3.27. The standard InChI is InChI=1S/C11H7FN2O3S/c12-7-3-6(11(16)17)1-2-8(7)14-10(15)9-4-13-5-18-9/h1-5H,(H,14,15)(H,16,17). The van der Waals surface area contributed by atoms with Crippen molar-refractivity contribution in [2.45, 2.75) is 0 Å². The highest BCUT2D eigenvalue weighted by molar-refractivity contribution is 7.11. The third-order valence-electron chi connectivity index (χ3n) is 2.12. The zero-order valence-electron chi connectivity index (χ0n) is 8.88. The molecule has 1 aromatic carbocycles. The number of carbonyl (C=O) groups excluding carboxylic acids is 1. The summed E-state index contributed by atoms with van der Waals surface area (Å²) in [6.07, 6.45) is 1.36. The molecule has 2 aromatic rings. The Morgan fingerprint density at radius 3 is 2.72 bits per heavy atom. The summed E-state index contributed by atoms with van der Waals surface area (Å²) in [6.45, 7) is 0. The van der Waals surface area contributed by atoms with Crippen molar-refractivity contribution in [3.63, 3.8) is 0 Å². The number of carbonyl (C=O) groups is 2. The van der Waals surface area contributed by atoms with E-state index in [1.807, 2.05) is 0 Å². The molecule has 0 radical (unpaired) electrons. The average Bonchev–Trinajstić information content (AvgIpc) is 2.85. The van der Waals surface area contributed by atoms with Crippen LogP contribution in [0.15, 0.2) is 29.9 Å². The minimum absolute atomic E-state index is 0.0709. The Balaban J connectivity index is 2.20. The van der Waals surface area contributed by atoms with Crippen molar-refractivity contribution in [2.24, 2.45) is 0 Å². The second-order valence-corrected chi connectivity index (χ2v) is 4.21. The summed E-state index contributed by atoms with van der Waals surface area (Å²) in [7, 11) is 0. The second kappa shape index (κ2) is 4.92. The van der Waals surface area contributed by atoms with Crippen LogP contribution in [0, 0.1) is 5.82 Å². The first kappa shape index (κ1) is 12.2. The third-order valence-corrected chi connectivity index (χ3v) is 2.89. The maximum absolute atomic E-state index is 13.5. The van der Waals surface area contributed by atoms with E-state index in [-0.39, 0.29) is 11.3 Å². The number of amides is 1. The summed E-state index contributed by atoms with van der Waals surface area (Å²) < 4.78 is 13.5. The van der Waals surface area contributed by atoms with E-state index in [9.17, 15) is 14.0 Å². The lowest BCUT2D eigenvalue weighted by atomic mass is 10.2.